The van der Waals surface area contributed by atoms with E-state index in [1.165, 1.54) is 0 Å². The summed E-state index contributed by atoms with van der Waals surface area (Å²) in [5, 5.41) is 4.90. The lowest BCUT2D eigenvalue weighted by Gasteiger charge is -2.13. The summed E-state index contributed by atoms with van der Waals surface area (Å²) in [6.07, 6.45) is 2.48. The first-order valence-electron chi connectivity index (χ1n) is 5.56. The number of rotatable bonds is 3. The van der Waals surface area contributed by atoms with E-state index in [0.717, 1.165) is 28.3 Å². The maximum absolute atomic E-state index is 6.20. The molecule has 2 aromatic rings. The molecule has 2 N–H and O–H groups in total. The lowest BCUT2D eigenvalue weighted by Crippen LogP contribution is -2.17. The van der Waals surface area contributed by atoms with Gasteiger partial charge in [-0.3, -0.25) is 4.68 Å². The lowest BCUT2D eigenvalue weighted by molar-refractivity contribution is 0.617. The molecule has 4 heteroatoms. The van der Waals surface area contributed by atoms with Gasteiger partial charge in [-0.15, -0.1) is 0 Å². The number of aromatic nitrogens is 2. The van der Waals surface area contributed by atoms with E-state index in [1.807, 2.05) is 32.2 Å². The van der Waals surface area contributed by atoms with E-state index in [-0.39, 0.29) is 6.04 Å². The Labute approximate surface area is 106 Å². The van der Waals surface area contributed by atoms with E-state index >= 15 is 0 Å². The molecule has 0 saturated carbocycles. The maximum atomic E-state index is 6.20. The number of benzene rings is 1. The molecule has 1 atom stereocenters. The Hall–Kier alpha value is -1.32. The number of halogens is 1. The maximum Gasteiger partial charge on any atom is 0.0551 e. The average Bonchev–Trinajstić information content (AvgIpc) is 2.68. The Balaban J connectivity index is 2.19. The van der Waals surface area contributed by atoms with Crippen LogP contribution in [0, 0.1) is 6.92 Å². The van der Waals surface area contributed by atoms with Crippen LogP contribution in [-0.4, -0.2) is 9.78 Å². The predicted molar refractivity (Wildman–Crippen MR) is 70.0 cm³/mol. The van der Waals surface area contributed by atoms with Gasteiger partial charge in [0.1, 0.15) is 0 Å². The van der Waals surface area contributed by atoms with E-state index in [1.54, 1.807) is 10.9 Å². The molecule has 2 rings (SSSR count). The molecule has 0 amide bonds. The quantitative estimate of drug-likeness (QED) is 0.909. The number of nitrogens with zero attached hydrogens (tertiary/aromatic N) is 2. The van der Waals surface area contributed by atoms with Crippen LogP contribution < -0.4 is 5.73 Å². The van der Waals surface area contributed by atoms with E-state index in [9.17, 15) is 0 Å². The summed E-state index contributed by atoms with van der Waals surface area (Å²) in [6.45, 7) is 2.02. The van der Waals surface area contributed by atoms with Crippen LogP contribution in [-0.2, 0) is 13.5 Å². The molecule has 1 heterocycles. The van der Waals surface area contributed by atoms with Crippen LogP contribution in [0.4, 0.5) is 0 Å². The molecule has 1 aromatic carbocycles. The number of hydrogen-bond acceptors (Lipinski definition) is 2. The van der Waals surface area contributed by atoms with Gasteiger partial charge in [-0.05, 0) is 36.6 Å². The normalized spacial score (nSPS) is 12.7. The van der Waals surface area contributed by atoms with Crippen LogP contribution in [0.1, 0.15) is 22.9 Å². The van der Waals surface area contributed by atoms with Crippen molar-refractivity contribution in [2.45, 2.75) is 19.4 Å². The smallest absolute Gasteiger partial charge is 0.0551 e. The van der Waals surface area contributed by atoms with Crippen LogP contribution >= 0.6 is 11.6 Å². The molecular formula is C13H16ClN3. The number of hydrogen-bond donors (Lipinski definition) is 1. The van der Waals surface area contributed by atoms with E-state index in [4.69, 9.17) is 17.3 Å². The van der Waals surface area contributed by atoms with E-state index < -0.39 is 0 Å². The summed E-state index contributed by atoms with van der Waals surface area (Å²) >= 11 is 6.20. The molecule has 1 unspecified atom stereocenters. The van der Waals surface area contributed by atoms with Crippen LogP contribution in [0.25, 0.3) is 0 Å². The van der Waals surface area contributed by atoms with Crippen molar-refractivity contribution >= 4 is 11.6 Å². The van der Waals surface area contributed by atoms with Crippen molar-refractivity contribution in [3.63, 3.8) is 0 Å². The zero-order chi connectivity index (χ0) is 12.4. The molecule has 0 fully saturated rings. The van der Waals surface area contributed by atoms with E-state index in [0.29, 0.717) is 0 Å². The fourth-order valence-electron chi connectivity index (χ4n) is 1.91. The van der Waals surface area contributed by atoms with Crippen molar-refractivity contribution < 1.29 is 0 Å². The van der Waals surface area contributed by atoms with Crippen molar-refractivity contribution in [1.82, 2.24) is 9.78 Å². The van der Waals surface area contributed by atoms with Gasteiger partial charge in [-0.25, -0.2) is 0 Å². The highest BCUT2D eigenvalue weighted by Crippen LogP contribution is 2.22. The third-order valence-electron chi connectivity index (χ3n) is 2.89. The molecule has 0 bridgehead atoms. The van der Waals surface area contributed by atoms with Crippen molar-refractivity contribution in [3.05, 3.63) is 52.3 Å². The van der Waals surface area contributed by atoms with Crippen molar-refractivity contribution in [2.24, 2.45) is 12.8 Å². The van der Waals surface area contributed by atoms with Gasteiger partial charge in [0.15, 0.2) is 0 Å². The van der Waals surface area contributed by atoms with Crippen molar-refractivity contribution in [2.75, 3.05) is 0 Å². The molecule has 90 valence electrons. The summed E-state index contributed by atoms with van der Waals surface area (Å²) in [4.78, 5) is 0. The minimum absolute atomic E-state index is 0.0808. The van der Waals surface area contributed by atoms with Gasteiger partial charge in [0, 0.05) is 18.3 Å². The zero-order valence-corrected chi connectivity index (χ0v) is 10.8. The SMILES string of the molecule is Cc1ccc(CC(N)c2ccnn2C)c(Cl)c1. The van der Waals surface area contributed by atoms with E-state index in [2.05, 4.69) is 11.2 Å². The van der Waals surface area contributed by atoms with Gasteiger partial charge in [0.2, 0.25) is 0 Å². The fraction of sp³-hybridized carbons (Fsp3) is 0.308. The third-order valence-corrected chi connectivity index (χ3v) is 3.24. The van der Waals surface area contributed by atoms with Crippen LogP contribution in [0.5, 0.6) is 0 Å². The Morgan fingerprint density at radius 1 is 1.41 bits per heavy atom. The lowest BCUT2D eigenvalue weighted by atomic mass is 10.0. The highest BCUT2D eigenvalue weighted by molar-refractivity contribution is 6.31. The van der Waals surface area contributed by atoms with Gasteiger partial charge >= 0.3 is 0 Å². The van der Waals surface area contributed by atoms with Crippen LogP contribution in [0.2, 0.25) is 5.02 Å². The molecule has 0 spiro atoms. The first-order chi connectivity index (χ1) is 8.08. The van der Waals surface area contributed by atoms with Gasteiger partial charge in [-0.1, -0.05) is 23.7 Å². The minimum atomic E-state index is -0.0808. The van der Waals surface area contributed by atoms with Gasteiger partial charge in [-0.2, -0.15) is 5.10 Å². The zero-order valence-electron chi connectivity index (χ0n) is 10.0. The molecule has 0 aliphatic heterocycles. The topological polar surface area (TPSA) is 43.8 Å². The number of aryl methyl sites for hydroxylation is 2. The molecule has 1 aromatic heterocycles. The highest BCUT2D eigenvalue weighted by atomic mass is 35.5. The second kappa shape index (κ2) is 4.90. The molecule has 0 radical (unpaired) electrons. The van der Waals surface area contributed by atoms with Crippen molar-refractivity contribution in [1.29, 1.82) is 0 Å². The predicted octanol–water partition coefficient (Wildman–Crippen LogP) is 2.62. The van der Waals surface area contributed by atoms with Gasteiger partial charge in [0.25, 0.3) is 0 Å². The summed E-state index contributed by atoms with van der Waals surface area (Å²) in [5.41, 5.74) is 9.41. The molecular weight excluding hydrogens is 234 g/mol. The Morgan fingerprint density at radius 2 is 2.18 bits per heavy atom. The molecule has 0 saturated heterocycles. The van der Waals surface area contributed by atoms with Gasteiger partial charge in [0.05, 0.1) is 11.7 Å². The summed E-state index contributed by atoms with van der Waals surface area (Å²) in [5.74, 6) is 0. The Bertz CT molecular complexity index is 519. The first-order valence-corrected chi connectivity index (χ1v) is 5.94. The van der Waals surface area contributed by atoms with Gasteiger partial charge < -0.3 is 5.73 Å². The summed E-state index contributed by atoms with van der Waals surface area (Å²) in [7, 11) is 1.89. The summed E-state index contributed by atoms with van der Waals surface area (Å²) < 4.78 is 1.80. The van der Waals surface area contributed by atoms with Crippen LogP contribution in [0.15, 0.2) is 30.5 Å². The second-order valence-corrected chi connectivity index (χ2v) is 4.69. The second-order valence-electron chi connectivity index (χ2n) is 4.29. The largest absolute Gasteiger partial charge is 0.322 e. The minimum Gasteiger partial charge on any atom is -0.322 e. The van der Waals surface area contributed by atoms with Crippen molar-refractivity contribution in [3.8, 4) is 0 Å². The number of nitrogens with two attached hydrogens (primary N) is 1. The first kappa shape index (κ1) is 12.1. The Morgan fingerprint density at radius 3 is 2.76 bits per heavy atom. The van der Waals surface area contributed by atoms with Crippen LogP contribution in [0.3, 0.4) is 0 Å². The molecule has 3 nitrogen and oxygen atoms in total. The average molecular weight is 250 g/mol. The summed E-state index contributed by atoms with van der Waals surface area (Å²) in [6, 6.07) is 7.91. The molecule has 17 heavy (non-hydrogen) atoms. The highest BCUT2D eigenvalue weighted by Gasteiger charge is 2.12. The molecule has 0 aliphatic carbocycles. The molecule has 0 aliphatic rings. The Kier molecular flexibility index (Phi) is 3.50. The third kappa shape index (κ3) is 2.68. The standard InChI is InChI=1S/C13H16ClN3/c1-9-3-4-10(11(14)7-9)8-12(15)13-5-6-16-17(13)2/h3-7,12H,8,15H2,1-2H3. The fourth-order valence-corrected chi connectivity index (χ4v) is 2.22. The monoisotopic (exact) mass is 249 g/mol.